The normalized spacial score (nSPS) is 12.2. The first-order chi connectivity index (χ1) is 5.07. The Hall–Kier alpha value is -0.750. The summed E-state index contributed by atoms with van der Waals surface area (Å²) in [7, 11) is 0. The van der Waals surface area contributed by atoms with Gasteiger partial charge in [0.15, 0.2) is 0 Å². The number of hydrogen-bond donors (Lipinski definition) is 4. The third-order valence-corrected chi connectivity index (χ3v) is 1.34. The van der Waals surface area contributed by atoms with E-state index in [-0.39, 0.29) is 5.75 Å². The number of hydrogen-bond acceptors (Lipinski definition) is 4. The number of amides is 1. The van der Waals surface area contributed by atoms with Gasteiger partial charge in [0.1, 0.15) is 6.54 Å². The maximum absolute atomic E-state index is 10.7. The highest BCUT2D eigenvalue weighted by Gasteiger charge is 2.11. The predicted molar refractivity (Wildman–Crippen MR) is 42.5 cm³/mol. The molecule has 6 heteroatoms. The van der Waals surface area contributed by atoms with Crippen LogP contribution in [0.1, 0.15) is 0 Å². The fourth-order valence-electron chi connectivity index (χ4n) is 0.377. The Kier molecular flexibility index (Phi) is 4.64. The van der Waals surface area contributed by atoms with Gasteiger partial charge in [-0.2, -0.15) is 12.6 Å². The van der Waals surface area contributed by atoms with Crippen LogP contribution in [0.5, 0.6) is 0 Å². The molecule has 0 saturated heterocycles. The lowest BCUT2D eigenvalue weighted by atomic mass is 10.4. The lowest BCUT2D eigenvalue weighted by Gasteiger charge is -2.06. The highest BCUT2D eigenvalue weighted by atomic mass is 32.1. The molecule has 0 aromatic carbocycles. The maximum atomic E-state index is 10.7. The van der Waals surface area contributed by atoms with Gasteiger partial charge in [-0.1, -0.05) is 0 Å². The van der Waals surface area contributed by atoms with E-state index in [4.69, 9.17) is 10.8 Å². The van der Waals surface area contributed by atoms with Crippen molar-refractivity contribution in [2.24, 2.45) is 5.73 Å². The number of thiol groups is 1. The fraction of sp³-hybridized carbons (Fsp3) is 0.600. The summed E-state index contributed by atoms with van der Waals surface area (Å²) in [5.41, 5.74) is 5.22. The maximum Gasteiger partial charge on any atom is 0.322 e. The van der Waals surface area contributed by atoms with Gasteiger partial charge in [0.05, 0.1) is 6.04 Å². The van der Waals surface area contributed by atoms with Gasteiger partial charge in [-0.3, -0.25) is 9.59 Å². The number of carboxylic acids is 1. The molecule has 0 spiro atoms. The topological polar surface area (TPSA) is 92.4 Å². The molecule has 0 unspecified atom stereocenters. The molecular formula is C5H10N2O3S. The summed E-state index contributed by atoms with van der Waals surface area (Å²) in [5.74, 6) is -1.39. The van der Waals surface area contributed by atoms with Crippen LogP contribution in [0.4, 0.5) is 0 Å². The standard InChI is InChI=1S/C5H10N2O3S/c6-3(2-11)5(10)7-1-4(8)9/h3,11H,1-2,6H2,(H,7,10)(H,8,9)/t3-/m0/s1/i1+1,4+1,7+1. The van der Waals surface area contributed by atoms with Gasteiger partial charge in [-0.15, -0.1) is 0 Å². The molecule has 11 heavy (non-hydrogen) atoms. The van der Waals surface area contributed by atoms with Crippen molar-refractivity contribution in [2.45, 2.75) is 6.04 Å². The largest absolute Gasteiger partial charge is 0.480 e. The molecule has 0 radical (unpaired) electrons. The minimum Gasteiger partial charge on any atom is -0.480 e. The van der Waals surface area contributed by atoms with E-state index in [0.29, 0.717) is 0 Å². The summed E-state index contributed by atoms with van der Waals surface area (Å²) in [5, 5.41) is 10.3. The summed E-state index contributed by atoms with van der Waals surface area (Å²) >= 11 is 3.77. The molecule has 64 valence electrons. The SMILES string of the molecule is N[C@@H](CS)C(=O)[15NH][13CH2][13C](=O)O. The zero-order valence-electron chi connectivity index (χ0n) is 5.78. The van der Waals surface area contributed by atoms with Crippen molar-refractivity contribution in [1.29, 1.82) is 0 Å². The average Bonchev–Trinajstić information content (AvgIpc) is 1.98. The van der Waals surface area contributed by atoms with Crippen molar-refractivity contribution in [2.75, 3.05) is 12.3 Å². The van der Waals surface area contributed by atoms with E-state index in [0.717, 1.165) is 0 Å². The van der Waals surface area contributed by atoms with Crippen LogP contribution in [-0.2, 0) is 9.59 Å². The minimum absolute atomic E-state index is 0.200. The van der Waals surface area contributed by atoms with Gasteiger partial charge in [-0.25, -0.2) is 0 Å². The lowest BCUT2D eigenvalue weighted by Crippen LogP contribution is -2.43. The Morgan fingerprint density at radius 1 is 1.64 bits per heavy atom. The van der Waals surface area contributed by atoms with Crippen molar-refractivity contribution in [1.82, 2.24) is 5.32 Å². The summed E-state index contributed by atoms with van der Waals surface area (Å²) in [6.07, 6.45) is 0. The third kappa shape index (κ3) is 4.63. The van der Waals surface area contributed by atoms with Gasteiger partial charge in [0, 0.05) is 5.75 Å². The summed E-state index contributed by atoms with van der Waals surface area (Å²) in [6.45, 7) is -0.402. The summed E-state index contributed by atoms with van der Waals surface area (Å²) < 4.78 is 0. The van der Waals surface area contributed by atoms with E-state index in [1.54, 1.807) is 0 Å². The monoisotopic (exact) mass is 181 g/mol. The van der Waals surface area contributed by atoms with Crippen LogP contribution < -0.4 is 11.1 Å². The number of carbonyl (C=O) groups is 2. The number of aliphatic carboxylic acids is 1. The van der Waals surface area contributed by atoms with Crippen molar-refractivity contribution >= 4 is 24.5 Å². The van der Waals surface area contributed by atoms with Crippen LogP contribution in [0.25, 0.3) is 0 Å². The van der Waals surface area contributed by atoms with Crippen LogP contribution >= 0.6 is 12.6 Å². The molecule has 0 aliphatic heterocycles. The van der Waals surface area contributed by atoms with Crippen molar-refractivity contribution in [3.63, 3.8) is 0 Å². The molecule has 0 rings (SSSR count). The fourth-order valence-corrected chi connectivity index (χ4v) is 0.543. The number of carboxylic acid groups (broad SMARTS) is 1. The molecule has 0 aliphatic carbocycles. The first-order valence-electron chi connectivity index (χ1n) is 2.94. The highest BCUT2D eigenvalue weighted by molar-refractivity contribution is 7.80. The quantitative estimate of drug-likeness (QED) is 0.240. The lowest BCUT2D eigenvalue weighted by molar-refractivity contribution is -0.138. The minimum atomic E-state index is -1.09. The van der Waals surface area contributed by atoms with Crippen LogP contribution in [0, 0.1) is 0 Å². The Balaban J connectivity index is 3.60. The second-order valence-electron chi connectivity index (χ2n) is 1.90. The molecule has 0 aliphatic rings. The van der Waals surface area contributed by atoms with Gasteiger partial charge >= 0.3 is 5.97 Å². The summed E-state index contributed by atoms with van der Waals surface area (Å²) in [6, 6.07) is -0.738. The Labute approximate surface area is 69.4 Å². The van der Waals surface area contributed by atoms with Crippen LogP contribution in [-0.4, -0.2) is 35.3 Å². The molecule has 0 aromatic heterocycles. The zero-order chi connectivity index (χ0) is 8.85. The van der Waals surface area contributed by atoms with E-state index in [1.807, 2.05) is 0 Å². The highest BCUT2D eigenvalue weighted by Crippen LogP contribution is 1.82. The number of nitrogens with one attached hydrogen (secondary N) is 1. The summed E-state index contributed by atoms with van der Waals surface area (Å²) in [4.78, 5) is 20.7. The Morgan fingerprint density at radius 3 is 2.55 bits per heavy atom. The molecule has 4 N–H and O–H groups in total. The number of carbonyl (C=O) groups excluding carboxylic acids is 1. The molecule has 0 bridgehead atoms. The van der Waals surface area contributed by atoms with Crippen molar-refractivity contribution in [3.05, 3.63) is 0 Å². The molecule has 5 nitrogen and oxygen atoms in total. The predicted octanol–water partition coefficient (Wildman–Crippen LogP) is -1.56. The number of rotatable bonds is 4. The van der Waals surface area contributed by atoms with Crippen LogP contribution in [0.15, 0.2) is 0 Å². The number of nitrogens with two attached hydrogens (primary N) is 1. The second kappa shape index (κ2) is 4.97. The molecule has 1 atom stereocenters. The first-order valence-corrected chi connectivity index (χ1v) is 3.57. The van der Waals surface area contributed by atoms with E-state index in [9.17, 15) is 9.59 Å². The van der Waals surface area contributed by atoms with Gasteiger partial charge in [-0.05, 0) is 0 Å². The Bertz CT molecular complexity index is 162. The van der Waals surface area contributed by atoms with Gasteiger partial charge in [0.25, 0.3) is 0 Å². The van der Waals surface area contributed by atoms with E-state index < -0.39 is 24.5 Å². The van der Waals surface area contributed by atoms with Crippen molar-refractivity contribution in [3.8, 4) is 0 Å². The third-order valence-electron chi connectivity index (χ3n) is 0.947. The Morgan fingerprint density at radius 2 is 2.18 bits per heavy atom. The molecule has 0 heterocycles. The molecular weight excluding hydrogens is 171 g/mol. The molecule has 0 saturated carbocycles. The van der Waals surface area contributed by atoms with Gasteiger partial charge < -0.3 is 16.2 Å². The van der Waals surface area contributed by atoms with Gasteiger partial charge in [0.2, 0.25) is 5.91 Å². The second-order valence-corrected chi connectivity index (χ2v) is 2.27. The smallest absolute Gasteiger partial charge is 0.322 e. The molecule has 0 fully saturated rings. The van der Waals surface area contributed by atoms with Crippen LogP contribution in [0.3, 0.4) is 0 Å². The zero-order valence-corrected chi connectivity index (χ0v) is 6.67. The van der Waals surface area contributed by atoms with E-state index >= 15 is 0 Å². The average molecular weight is 181 g/mol. The molecule has 1 amide bonds. The molecule has 0 aromatic rings. The van der Waals surface area contributed by atoms with Crippen LogP contribution in [0.2, 0.25) is 0 Å². The first kappa shape index (κ1) is 10.2. The van der Waals surface area contributed by atoms with Crippen molar-refractivity contribution < 1.29 is 14.7 Å². The van der Waals surface area contributed by atoms with E-state index in [1.165, 1.54) is 0 Å². The van der Waals surface area contributed by atoms with E-state index in [2.05, 4.69) is 17.9 Å².